The third kappa shape index (κ3) is 6.50. The third-order valence-electron chi connectivity index (χ3n) is 4.04. The molecule has 6 nitrogen and oxygen atoms in total. The van der Waals surface area contributed by atoms with Gasteiger partial charge in [-0.05, 0) is 25.0 Å². The number of unbranched alkanes of at least 4 members (excludes halogenated alkanes) is 2. The van der Waals surface area contributed by atoms with Gasteiger partial charge in [0.05, 0.1) is 11.4 Å². The summed E-state index contributed by atoms with van der Waals surface area (Å²) in [6.07, 6.45) is 4.19. The van der Waals surface area contributed by atoms with Crippen molar-refractivity contribution in [1.29, 1.82) is 0 Å². The van der Waals surface area contributed by atoms with Crippen LogP contribution < -0.4 is 16.4 Å². The summed E-state index contributed by atoms with van der Waals surface area (Å²) in [5.41, 5.74) is 7.52. The van der Waals surface area contributed by atoms with Gasteiger partial charge in [-0.25, -0.2) is 0 Å². The maximum Gasteiger partial charge on any atom is 0.224 e. The number of carbonyl (C=O) groups excluding carboxylic acids is 3. The standard InChI is InChI=1S/C20H31N3O3/c1-5-7-9-17(24)22-14-11-15(20(26)13(3)4)19(21)16(12-14)23-18(25)10-8-6-2/h11-13H,5-10,21H2,1-4H3,(H,22,24)(H,23,25). The molecule has 0 bridgehead atoms. The van der Waals surface area contributed by atoms with Crippen LogP contribution in [0.4, 0.5) is 17.1 Å². The van der Waals surface area contributed by atoms with Crippen molar-refractivity contribution in [1.82, 2.24) is 0 Å². The van der Waals surface area contributed by atoms with Crippen molar-refractivity contribution in [2.75, 3.05) is 16.4 Å². The van der Waals surface area contributed by atoms with Crippen LogP contribution in [0, 0.1) is 5.92 Å². The number of hydrogen-bond acceptors (Lipinski definition) is 4. The number of nitrogen functional groups attached to an aromatic ring is 1. The molecule has 0 saturated carbocycles. The number of nitrogens with one attached hydrogen (secondary N) is 2. The van der Waals surface area contributed by atoms with E-state index in [0.717, 1.165) is 25.7 Å². The molecule has 0 aromatic heterocycles. The molecule has 1 aromatic carbocycles. The van der Waals surface area contributed by atoms with Crippen molar-refractivity contribution in [3.63, 3.8) is 0 Å². The first kappa shape index (κ1) is 21.7. The predicted molar refractivity (Wildman–Crippen MR) is 106 cm³/mol. The summed E-state index contributed by atoms with van der Waals surface area (Å²) in [7, 11) is 0. The minimum Gasteiger partial charge on any atom is -0.396 e. The molecule has 1 aromatic rings. The molecular weight excluding hydrogens is 330 g/mol. The van der Waals surface area contributed by atoms with Crippen LogP contribution in [-0.2, 0) is 9.59 Å². The smallest absolute Gasteiger partial charge is 0.224 e. The molecular formula is C20H31N3O3. The number of hydrogen-bond donors (Lipinski definition) is 3. The van der Waals surface area contributed by atoms with Gasteiger partial charge in [-0.1, -0.05) is 40.5 Å². The molecule has 0 unspecified atom stereocenters. The van der Waals surface area contributed by atoms with E-state index >= 15 is 0 Å². The van der Waals surface area contributed by atoms with E-state index in [1.54, 1.807) is 26.0 Å². The number of benzene rings is 1. The highest BCUT2D eigenvalue weighted by atomic mass is 16.2. The summed E-state index contributed by atoms with van der Waals surface area (Å²) in [6, 6.07) is 3.20. The number of anilines is 3. The van der Waals surface area contributed by atoms with E-state index in [4.69, 9.17) is 5.73 Å². The van der Waals surface area contributed by atoms with E-state index in [1.807, 2.05) is 13.8 Å². The van der Waals surface area contributed by atoms with Gasteiger partial charge in [0.2, 0.25) is 11.8 Å². The Morgan fingerprint density at radius 2 is 1.50 bits per heavy atom. The molecule has 4 N–H and O–H groups in total. The second kappa shape index (κ2) is 10.6. The van der Waals surface area contributed by atoms with Gasteiger partial charge < -0.3 is 16.4 Å². The summed E-state index contributed by atoms with van der Waals surface area (Å²) in [5.74, 6) is -0.651. The van der Waals surface area contributed by atoms with Crippen LogP contribution in [0.2, 0.25) is 0 Å². The number of carbonyl (C=O) groups is 3. The molecule has 0 aliphatic heterocycles. The van der Waals surface area contributed by atoms with Crippen molar-refractivity contribution in [3.05, 3.63) is 17.7 Å². The zero-order valence-corrected chi connectivity index (χ0v) is 16.3. The Balaban J connectivity index is 3.15. The average molecular weight is 361 g/mol. The lowest BCUT2D eigenvalue weighted by Gasteiger charge is -2.16. The highest BCUT2D eigenvalue weighted by Crippen LogP contribution is 2.30. The van der Waals surface area contributed by atoms with Crippen molar-refractivity contribution < 1.29 is 14.4 Å². The van der Waals surface area contributed by atoms with E-state index < -0.39 is 0 Å². The van der Waals surface area contributed by atoms with Crippen LogP contribution in [0.1, 0.15) is 76.6 Å². The minimum absolute atomic E-state index is 0.122. The number of nitrogens with two attached hydrogens (primary N) is 1. The number of rotatable bonds is 10. The average Bonchev–Trinajstić information content (AvgIpc) is 2.59. The van der Waals surface area contributed by atoms with Gasteiger partial charge in [-0.2, -0.15) is 0 Å². The molecule has 0 aliphatic carbocycles. The van der Waals surface area contributed by atoms with Gasteiger partial charge in [0.25, 0.3) is 0 Å². The van der Waals surface area contributed by atoms with E-state index in [2.05, 4.69) is 10.6 Å². The van der Waals surface area contributed by atoms with Crippen molar-refractivity contribution >= 4 is 34.7 Å². The monoisotopic (exact) mass is 361 g/mol. The Morgan fingerprint density at radius 1 is 0.962 bits per heavy atom. The maximum absolute atomic E-state index is 12.5. The predicted octanol–water partition coefficient (Wildman–Crippen LogP) is 4.36. The quantitative estimate of drug-likeness (QED) is 0.425. The first-order chi connectivity index (χ1) is 12.3. The molecule has 0 aliphatic rings. The number of amides is 2. The summed E-state index contributed by atoms with van der Waals surface area (Å²) >= 11 is 0. The van der Waals surface area contributed by atoms with E-state index in [0.29, 0.717) is 29.8 Å². The first-order valence-corrected chi connectivity index (χ1v) is 9.37. The zero-order chi connectivity index (χ0) is 19.7. The molecule has 26 heavy (non-hydrogen) atoms. The summed E-state index contributed by atoms with van der Waals surface area (Å²) in [4.78, 5) is 36.6. The fourth-order valence-electron chi connectivity index (χ4n) is 2.45. The fraction of sp³-hybridized carbons (Fsp3) is 0.550. The molecule has 0 heterocycles. The molecule has 0 atom stereocenters. The molecule has 1 rings (SSSR count). The lowest BCUT2D eigenvalue weighted by molar-refractivity contribution is -0.117. The van der Waals surface area contributed by atoms with Crippen molar-refractivity contribution in [2.24, 2.45) is 5.92 Å². The van der Waals surface area contributed by atoms with Gasteiger partial charge in [-0.15, -0.1) is 0 Å². The summed E-state index contributed by atoms with van der Waals surface area (Å²) < 4.78 is 0. The molecule has 6 heteroatoms. The van der Waals surface area contributed by atoms with Crippen LogP contribution >= 0.6 is 0 Å². The lowest BCUT2D eigenvalue weighted by atomic mass is 9.98. The summed E-state index contributed by atoms with van der Waals surface area (Å²) in [5, 5.41) is 5.57. The Hall–Kier alpha value is -2.37. The minimum atomic E-state index is -0.244. The summed E-state index contributed by atoms with van der Waals surface area (Å²) in [6.45, 7) is 7.59. The Labute approximate surface area is 155 Å². The molecule has 0 fully saturated rings. The zero-order valence-electron chi connectivity index (χ0n) is 16.3. The van der Waals surface area contributed by atoms with Crippen LogP contribution in [0.3, 0.4) is 0 Å². The Bertz CT molecular complexity index is 654. The SMILES string of the molecule is CCCCC(=O)Nc1cc(NC(=O)CCCC)c(N)c(C(=O)C(C)C)c1. The van der Waals surface area contributed by atoms with Crippen LogP contribution in [0.25, 0.3) is 0 Å². The van der Waals surface area contributed by atoms with Crippen LogP contribution in [0.15, 0.2) is 12.1 Å². The Kier molecular flexibility index (Phi) is 8.82. The van der Waals surface area contributed by atoms with Crippen molar-refractivity contribution in [2.45, 2.75) is 66.2 Å². The topological polar surface area (TPSA) is 101 Å². The van der Waals surface area contributed by atoms with E-state index in [-0.39, 0.29) is 29.2 Å². The maximum atomic E-state index is 12.5. The first-order valence-electron chi connectivity index (χ1n) is 9.37. The van der Waals surface area contributed by atoms with Gasteiger partial charge >= 0.3 is 0 Å². The fourth-order valence-corrected chi connectivity index (χ4v) is 2.45. The second-order valence-corrected chi connectivity index (χ2v) is 6.81. The number of ketones is 1. The number of Topliss-reactive ketones (excluding diaryl/α,β-unsaturated/α-hetero) is 1. The van der Waals surface area contributed by atoms with Crippen LogP contribution in [-0.4, -0.2) is 17.6 Å². The second-order valence-electron chi connectivity index (χ2n) is 6.81. The molecule has 0 spiro atoms. The largest absolute Gasteiger partial charge is 0.396 e. The van der Waals surface area contributed by atoms with Crippen molar-refractivity contribution in [3.8, 4) is 0 Å². The van der Waals surface area contributed by atoms with Gasteiger partial charge in [-0.3, -0.25) is 14.4 Å². The van der Waals surface area contributed by atoms with Crippen LogP contribution in [0.5, 0.6) is 0 Å². The molecule has 0 saturated heterocycles. The highest BCUT2D eigenvalue weighted by Gasteiger charge is 2.19. The normalized spacial score (nSPS) is 10.7. The molecule has 0 radical (unpaired) electrons. The molecule has 144 valence electrons. The molecule has 2 amide bonds. The van der Waals surface area contributed by atoms with E-state index in [9.17, 15) is 14.4 Å². The highest BCUT2D eigenvalue weighted by molar-refractivity contribution is 6.08. The van der Waals surface area contributed by atoms with E-state index in [1.165, 1.54) is 0 Å². The Morgan fingerprint density at radius 3 is 2.00 bits per heavy atom. The van der Waals surface area contributed by atoms with Gasteiger partial charge in [0.1, 0.15) is 0 Å². The van der Waals surface area contributed by atoms with Gasteiger partial charge in [0, 0.05) is 30.0 Å². The van der Waals surface area contributed by atoms with Gasteiger partial charge in [0.15, 0.2) is 5.78 Å². The lowest BCUT2D eigenvalue weighted by Crippen LogP contribution is -2.18. The third-order valence-corrected chi connectivity index (χ3v) is 4.04.